The number of allylic oxidation sites excluding steroid dienone is 1. The van der Waals surface area contributed by atoms with Crippen molar-refractivity contribution < 1.29 is 4.74 Å². The average Bonchev–Trinajstić information content (AvgIpc) is 1.79. The van der Waals surface area contributed by atoms with E-state index in [-0.39, 0.29) is 0 Å². The predicted molar refractivity (Wildman–Crippen MR) is 38.0 cm³/mol. The van der Waals surface area contributed by atoms with Crippen LogP contribution >= 0.6 is 0 Å². The minimum atomic E-state index is 0.495. The second kappa shape index (κ2) is 2.26. The molecule has 0 aromatic carbocycles. The van der Waals surface area contributed by atoms with Crippen molar-refractivity contribution in [2.75, 3.05) is 6.61 Å². The first-order valence-corrected chi connectivity index (χ1v) is 3.17. The first-order valence-electron chi connectivity index (χ1n) is 3.17. The molecule has 9 heavy (non-hydrogen) atoms. The van der Waals surface area contributed by atoms with Crippen molar-refractivity contribution in [1.82, 2.24) is 0 Å². The van der Waals surface area contributed by atoms with Gasteiger partial charge in [0.05, 0.1) is 11.7 Å². The first kappa shape index (κ1) is 6.40. The Kier molecular flexibility index (Phi) is 1.60. The molecule has 1 atom stereocenters. The second-order valence-corrected chi connectivity index (χ2v) is 2.63. The molecule has 0 amide bonds. The van der Waals surface area contributed by atoms with Crippen molar-refractivity contribution >= 4 is 0 Å². The topological polar surface area (TPSA) is 9.23 Å². The van der Waals surface area contributed by atoms with Crippen LogP contribution in [-0.2, 0) is 4.74 Å². The standard InChI is InChI=1S/C8H12O/c1-6(2)4-8-5-9-7(8)3/h4,8H,3,5H2,1-2H3. The normalized spacial score (nSPS) is 24.2. The van der Waals surface area contributed by atoms with E-state index in [4.69, 9.17) is 4.74 Å². The number of hydrogen-bond donors (Lipinski definition) is 0. The van der Waals surface area contributed by atoms with Crippen LogP contribution in [0.25, 0.3) is 0 Å². The van der Waals surface area contributed by atoms with E-state index in [2.05, 4.69) is 26.5 Å². The number of hydrogen-bond acceptors (Lipinski definition) is 1. The summed E-state index contributed by atoms with van der Waals surface area (Å²) in [7, 11) is 0. The van der Waals surface area contributed by atoms with Gasteiger partial charge in [0.1, 0.15) is 6.61 Å². The van der Waals surface area contributed by atoms with Crippen LogP contribution in [0, 0.1) is 5.92 Å². The molecule has 1 fully saturated rings. The molecular formula is C8H12O. The van der Waals surface area contributed by atoms with Crippen molar-refractivity contribution in [1.29, 1.82) is 0 Å². The Morgan fingerprint density at radius 1 is 1.78 bits per heavy atom. The predicted octanol–water partition coefficient (Wildman–Crippen LogP) is 2.11. The van der Waals surface area contributed by atoms with Gasteiger partial charge in [-0.3, -0.25) is 0 Å². The van der Waals surface area contributed by atoms with Gasteiger partial charge in [0, 0.05) is 0 Å². The maximum Gasteiger partial charge on any atom is 0.101 e. The second-order valence-electron chi connectivity index (χ2n) is 2.63. The minimum absolute atomic E-state index is 0.495. The lowest BCUT2D eigenvalue weighted by atomic mass is 10.0. The Morgan fingerprint density at radius 2 is 2.44 bits per heavy atom. The van der Waals surface area contributed by atoms with Gasteiger partial charge >= 0.3 is 0 Å². The molecule has 0 spiro atoms. The smallest absolute Gasteiger partial charge is 0.101 e. The molecule has 1 rings (SSSR count). The molecule has 0 aromatic heterocycles. The third-order valence-electron chi connectivity index (χ3n) is 1.40. The highest BCUT2D eigenvalue weighted by molar-refractivity contribution is 5.12. The van der Waals surface area contributed by atoms with E-state index < -0.39 is 0 Å². The van der Waals surface area contributed by atoms with Crippen molar-refractivity contribution in [3.63, 3.8) is 0 Å². The summed E-state index contributed by atoms with van der Waals surface area (Å²) in [6.45, 7) is 8.73. The summed E-state index contributed by atoms with van der Waals surface area (Å²) in [5.74, 6) is 1.41. The van der Waals surface area contributed by atoms with Crippen LogP contribution < -0.4 is 0 Å². The summed E-state index contributed by atoms with van der Waals surface area (Å²) in [5, 5.41) is 0. The maximum atomic E-state index is 5.01. The lowest BCUT2D eigenvalue weighted by Crippen LogP contribution is -2.22. The summed E-state index contributed by atoms with van der Waals surface area (Å²) in [6, 6.07) is 0. The fraction of sp³-hybridized carbons (Fsp3) is 0.500. The molecule has 0 bridgehead atoms. The van der Waals surface area contributed by atoms with Crippen molar-refractivity contribution in [2.45, 2.75) is 13.8 Å². The molecule has 0 saturated carbocycles. The van der Waals surface area contributed by atoms with Crippen LogP contribution in [0.1, 0.15) is 13.8 Å². The molecule has 1 nitrogen and oxygen atoms in total. The van der Waals surface area contributed by atoms with E-state index in [1.165, 1.54) is 5.57 Å². The van der Waals surface area contributed by atoms with Crippen molar-refractivity contribution in [3.05, 3.63) is 24.0 Å². The molecular weight excluding hydrogens is 112 g/mol. The zero-order chi connectivity index (χ0) is 6.85. The maximum absolute atomic E-state index is 5.01. The van der Waals surface area contributed by atoms with E-state index in [0.29, 0.717) is 5.92 Å². The van der Waals surface area contributed by atoms with E-state index >= 15 is 0 Å². The van der Waals surface area contributed by atoms with Gasteiger partial charge in [-0.2, -0.15) is 0 Å². The Balaban J connectivity index is 2.46. The third-order valence-corrected chi connectivity index (χ3v) is 1.40. The fourth-order valence-electron chi connectivity index (χ4n) is 0.841. The van der Waals surface area contributed by atoms with Crippen LogP contribution in [-0.4, -0.2) is 6.61 Å². The van der Waals surface area contributed by atoms with Crippen molar-refractivity contribution in [3.8, 4) is 0 Å². The molecule has 0 aromatic rings. The van der Waals surface area contributed by atoms with Gasteiger partial charge in [-0.1, -0.05) is 18.2 Å². The highest BCUT2D eigenvalue weighted by Gasteiger charge is 2.20. The van der Waals surface area contributed by atoms with Gasteiger partial charge in [-0.15, -0.1) is 0 Å². The molecule has 50 valence electrons. The summed E-state index contributed by atoms with van der Waals surface area (Å²) in [6.07, 6.45) is 2.19. The summed E-state index contributed by atoms with van der Waals surface area (Å²) in [5.41, 5.74) is 1.34. The highest BCUT2D eigenvalue weighted by Crippen LogP contribution is 2.24. The van der Waals surface area contributed by atoms with E-state index in [0.717, 1.165) is 12.4 Å². The van der Waals surface area contributed by atoms with Crippen LogP contribution in [0.15, 0.2) is 24.0 Å². The van der Waals surface area contributed by atoms with Crippen LogP contribution in [0.2, 0.25) is 0 Å². The Hall–Kier alpha value is -0.720. The summed E-state index contributed by atoms with van der Waals surface area (Å²) in [4.78, 5) is 0. The van der Waals surface area contributed by atoms with Gasteiger partial charge in [0.15, 0.2) is 0 Å². The molecule has 1 aliphatic heterocycles. The SMILES string of the molecule is C=C1OCC1C=C(C)C. The van der Waals surface area contributed by atoms with Crippen molar-refractivity contribution in [2.24, 2.45) is 5.92 Å². The number of ether oxygens (including phenoxy) is 1. The fourth-order valence-corrected chi connectivity index (χ4v) is 0.841. The zero-order valence-corrected chi connectivity index (χ0v) is 5.98. The number of rotatable bonds is 1. The average molecular weight is 124 g/mol. The van der Waals surface area contributed by atoms with Crippen LogP contribution in [0.3, 0.4) is 0 Å². The molecule has 1 heterocycles. The van der Waals surface area contributed by atoms with Gasteiger partial charge < -0.3 is 4.74 Å². The van der Waals surface area contributed by atoms with Crippen LogP contribution in [0.4, 0.5) is 0 Å². The minimum Gasteiger partial charge on any atom is -0.497 e. The van der Waals surface area contributed by atoms with E-state index in [1.54, 1.807) is 0 Å². The molecule has 1 aliphatic rings. The van der Waals surface area contributed by atoms with Crippen LogP contribution in [0.5, 0.6) is 0 Å². The lowest BCUT2D eigenvalue weighted by molar-refractivity contribution is 0.0753. The lowest BCUT2D eigenvalue weighted by Gasteiger charge is -2.27. The highest BCUT2D eigenvalue weighted by atomic mass is 16.5. The van der Waals surface area contributed by atoms with E-state index in [9.17, 15) is 0 Å². The zero-order valence-electron chi connectivity index (χ0n) is 5.98. The van der Waals surface area contributed by atoms with Gasteiger partial charge in [0.25, 0.3) is 0 Å². The Morgan fingerprint density at radius 3 is 2.56 bits per heavy atom. The quantitative estimate of drug-likeness (QED) is 0.486. The van der Waals surface area contributed by atoms with E-state index in [1.807, 2.05) is 0 Å². The molecule has 1 saturated heterocycles. The molecule has 0 radical (unpaired) electrons. The molecule has 1 unspecified atom stereocenters. The van der Waals surface area contributed by atoms with Gasteiger partial charge in [0.2, 0.25) is 0 Å². The molecule has 0 N–H and O–H groups in total. The third kappa shape index (κ3) is 1.35. The largest absolute Gasteiger partial charge is 0.497 e. The summed E-state index contributed by atoms with van der Waals surface area (Å²) >= 11 is 0. The van der Waals surface area contributed by atoms with Gasteiger partial charge in [-0.25, -0.2) is 0 Å². The molecule has 1 heteroatoms. The first-order chi connectivity index (χ1) is 4.20. The monoisotopic (exact) mass is 124 g/mol. The molecule has 0 aliphatic carbocycles. The Labute approximate surface area is 56.0 Å². The summed E-state index contributed by atoms with van der Waals surface area (Å²) < 4.78 is 5.01. The van der Waals surface area contributed by atoms with Gasteiger partial charge in [-0.05, 0) is 13.8 Å². The Bertz CT molecular complexity index is 152.